The van der Waals surface area contributed by atoms with E-state index in [2.05, 4.69) is 19.8 Å². The van der Waals surface area contributed by atoms with Gasteiger partial charge in [-0.05, 0) is 6.07 Å². The first kappa shape index (κ1) is 12.0. The third-order valence-corrected chi connectivity index (χ3v) is 3.05. The maximum Gasteiger partial charge on any atom is 0.202 e. The number of rotatable bonds is 6. The van der Waals surface area contributed by atoms with Crippen molar-refractivity contribution in [1.29, 1.82) is 0 Å². The van der Waals surface area contributed by atoms with E-state index in [1.54, 1.807) is 13.3 Å². The quantitative estimate of drug-likeness (QED) is 0.834. The van der Waals surface area contributed by atoms with Crippen molar-refractivity contribution in [2.75, 3.05) is 19.0 Å². The van der Waals surface area contributed by atoms with Crippen LogP contribution in [-0.2, 0) is 24.8 Å². The number of nitrogens with zero attached hydrogens (tertiary/aromatic N) is 4. The number of ether oxygens (including phenoxy) is 1. The second-order valence-corrected chi connectivity index (χ2v) is 4.31. The molecular weight excluding hydrogens is 238 g/mol. The maximum atomic E-state index is 4.98. The van der Waals surface area contributed by atoms with E-state index in [-0.39, 0.29) is 0 Å². The summed E-state index contributed by atoms with van der Waals surface area (Å²) in [6, 6.07) is 1.97. The second-order valence-electron chi connectivity index (χ2n) is 3.56. The first-order valence-electron chi connectivity index (χ1n) is 5.32. The normalized spacial score (nSPS) is 10.7. The highest BCUT2D eigenvalue weighted by Crippen LogP contribution is 2.12. The minimum absolute atomic E-state index is 0.651. The molecule has 0 radical (unpaired) electrons. The molecule has 0 saturated carbocycles. The number of methoxy groups -OCH3 is 1. The minimum Gasteiger partial charge on any atom is -0.384 e. The van der Waals surface area contributed by atoms with Crippen molar-refractivity contribution < 1.29 is 4.74 Å². The van der Waals surface area contributed by atoms with E-state index >= 15 is 0 Å². The third kappa shape index (κ3) is 3.24. The smallest absolute Gasteiger partial charge is 0.202 e. The maximum absolute atomic E-state index is 4.98. The topological polar surface area (TPSA) is 64.9 Å². The van der Waals surface area contributed by atoms with E-state index in [1.807, 2.05) is 17.8 Å². The van der Waals surface area contributed by atoms with Gasteiger partial charge in [0.1, 0.15) is 5.82 Å². The van der Waals surface area contributed by atoms with Crippen LogP contribution in [0.15, 0.2) is 12.3 Å². The van der Waals surface area contributed by atoms with E-state index < -0.39 is 0 Å². The zero-order valence-corrected chi connectivity index (χ0v) is 10.7. The fourth-order valence-corrected chi connectivity index (χ4v) is 1.97. The predicted molar refractivity (Wildman–Crippen MR) is 66.0 cm³/mol. The molecule has 0 aliphatic heterocycles. The lowest BCUT2D eigenvalue weighted by molar-refractivity contribution is 0.201. The Hall–Kier alpha value is -1.47. The minimum atomic E-state index is 0.651. The molecule has 92 valence electrons. The van der Waals surface area contributed by atoms with Gasteiger partial charge < -0.3 is 10.1 Å². The van der Waals surface area contributed by atoms with Crippen molar-refractivity contribution in [3.05, 3.63) is 23.8 Å². The van der Waals surface area contributed by atoms with Crippen LogP contribution in [0.1, 0.15) is 11.5 Å². The Morgan fingerprint density at radius 1 is 1.53 bits per heavy atom. The zero-order chi connectivity index (χ0) is 12.1. The van der Waals surface area contributed by atoms with Crippen LogP contribution in [0.4, 0.5) is 5.13 Å². The summed E-state index contributed by atoms with van der Waals surface area (Å²) in [5, 5.41) is 8.16. The van der Waals surface area contributed by atoms with E-state index in [0.29, 0.717) is 13.2 Å². The van der Waals surface area contributed by atoms with Crippen molar-refractivity contribution in [2.45, 2.75) is 13.0 Å². The number of anilines is 1. The molecule has 0 aliphatic rings. The summed E-state index contributed by atoms with van der Waals surface area (Å²) in [4.78, 5) is 4.36. The van der Waals surface area contributed by atoms with Crippen LogP contribution in [0.3, 0.4) is 0 Å². The molecule has 0 saturated heterocycles. The largest absolute Gasteiger partial charge is 0.384 e. The molecule has 0 amide bonds. The van der Waals surface area contributed by atoms with Crippen LogP contribution >= 0.6 is 11.5 Å². The van der Waals surface area contributed by atoms with Gasteiger partial charge in [0.2, 0.25) is 5.13 Å². The summed E-state index contributed by atoms with van der Waals surface area (Å²) in [7, 11) is 3.59. The van der Waals surface area contributed by atoms with Crippen LogP contribution < -0.4 is 5.32 Å². The highest BCUT2D eigenvalue weighted by Gasteiger charge is 2.04. The third-order valence-electron chi connectivity index (χ3n) is 2.34. The van der Waals surface area contributed by atoms with E-state index in [9.17, 15) is 0 Å². The van der Waals surface area contributed by atoms with Crippen molar-refractivity contribution in [3.8, 4) is 0 Å². The first-order valence-corrected chi connectivity index (χ1v) is 6.09. The molecule has 0 aliphatic carbocycles. The van der Waals surface area contributed by atoms with E-state index in [0.717, 1.165) is 23.1 Å². The van der Waals surface area contributed by atoms with Gasteiger partial charge in [-0.15, -0.1) is 0 Å². The van der Waals surface area contributed by atoms with Gasteiger partial charge in [0, 0.05) is 38.3 Å². The Balaban J connectivity index is 1.87. The first-order chi connectivity index (χ1) is 8.29. The SMILES string of the molecule is COCCc1nsc(NCc2ccnn2C)n1. The molecule has 0 atom stereocenters. The summed E-state index contributed by atoms with van der Waals surface area (Å²) in [5.74, 6) is 0.823. The van der Waals surface area contributed by atoms with E-state index in [4.69, 9.17) is 4.74 Å². The zero-order valence-electron chi connectivity index (χ0n) is 9.88. The fraction of sp³-hybridized carbons (Fsp3) is 0.500. The summed E-state index contributed by atoms with van der Waals surface area (Å²) in [6.45, 7) is 1.35. The standard InChI is InChI=1S/C10H15N5OS/c1-15-8(3-5-12-15)7-11-10-13-9(14-17-10)4-6-16-2/h3,5H,4,6-7H2,1-2H3,(H,11,13,14). The molecule has 0 aromatic carbocycles. The van der Waals surface area contributed by atoms with Gasteiger partial charge in [0.05, 0.1) is 18.8 Å². The molecule has 2 aromatic rings. The summed E-state index contributed by atoms with van der Waals surface area (Å²) < 4.78 is 11.1. The molecule has 2 heterocycles. The van der Waals surface area contributed by atoms with Gasteiger partial charge >= 0.3 is 0 Å². The second kappa shape index (κ2) is 5.74. The van der Waals surface area contributed by atoms with Gasteiger partial charge in [-0.3, -0.25) is 4.68 Å². The molecule has 0 fully saturated rings. The van der Waals surface area contributed by atoms with Gasteiger partial charge in [-0.25, -0.2) is 4.98 Å². The summed E-state index contributed by atoms with van der Waals surface area (Å²) in [5.41, 5.74) is 1.11. The van der Waals surface area contributed by atoms with Crippen molar-refractivity contribution in [1.82, 2.24) is 19.1 Å². The van der Waals surface area contributed by atoms with Gasteiger partial charge in [0.15, 0.2) is 0 Å². The number of aromatic nitrogens is 4. The molecule has 2 aromatic heterocycles. The Labute approximate surface area is 104 Å². The van der Waals surface area contributed by atoms with Crippen LogP contribution in [0.25, 0.3) is 0 Å². The number of hydrogen-bond acceptors (Lipinski definition) is 6. The van der Waals surface area contributed by atoms with Crippen molar-refractivity contribution in [2.24, 2.45) is 7.05 Å². The van der Waals surface area contributed by atoms with Gasteiger partial charge in [0.25, 0.3) is 0 Å². The lowest BCUT2D eigenvalue weighted by atomic mass is 10.4. The summed E-state index contributed by atoms with van der Waals surface area (Å²) in [6.07, 6.45) is 2.53. The van der Waals surface area contributed by atoms with Crippen LogP contribution in [0.2, 0.25) is 0 Å². The van der Waals surface area contributed by atoms with Crippen LogP contribution in [0.5, 0.6) is 0 Å². The molecule has 17 heavy (non-hydrogen) atoms. The molecule has 2 rings (SSSR count). The molecule has 0 bridgehead atoms. The molecule has 6 nitrogen and oxygen atoms in total. The van der Waals surface area contributed by atoms with Crippen LogP contribution in [0, 0.1) is 0 Å². The predicted octanol–water partition coefficient (Wildman–Crippen LogP) is 1.07. The molecule has 7 heteroatoms. The summed E-state index contributed by atoms with van der Waals surface area (Å²) >= 11 is 1.37. The number of aryl methyl sites for hydroxylation is 1. The fourth-order valence-electron chi connectivity index (χ4n) is 1.36. The molecule has 0 spiro atoms. The van der Waals surface area contributed by atoms with Crippen molar-refractivity contribution in [3.63, 3.8) is 0 Å². The monoisotopic (exact) mass is 253 g/mol. The Bertz CT molecular complexity index is 467. The Kier molecular flexibility index (Phi) is 4.05. The molecular formula is C10H15N5OS. The Morgan fingerprint density at radius 2 is 2.41 bits per heavy atom. The highest BCUT2D eigenvalue weighted by atomic mass is 32.1. The number of hydrogen-bond donors (Lipinski definition) is 1. The van der Waals surface area contributed by atoms with Crippen molar-refractivity contribution >= 4 is 16.7 Å². The molecule has 1 N–H and O–H groups in total. The van der Waals surface area contributed by atoms with Gasteiger partial charge in [-0.1, -0.05) is 0 Å². The lowest BCUT2D eigenvalue weighted by Gasteiger charge is -2.01. The average Bonchev–Trinajstić information content (AvgIpc) is 2.93. The molecule has 0 unspecified atom stereocenters. The van der Waals surface area contributed by atoms with E-state index in [1.165, 1.54) is 11.5 Å². The average molecular weight is 253 g/mol. The number of nitrogens with one attached hydrogen (secondary N) is 1. The van der Waals surface area contributed by atoms with Gasteiger partial charge in [-0.2, -0.15) is 9.47 Å². The Morgan fingerprint density at radius 3 is 3.12 bits per heavy atom. The van der Waals surface area contributed by atoms with Crippen LogP contribution in [-0.4, -0.2) is 32.9 Å². The highest BCUT2D eigenvalue weighted by molar-refractivity contribution is 7.09. The lowest BCUT2D eigenvalue weighted by Crippen LogP contribution is -2.05.